The van der Waals surface area contributed by atoms with Gasteiger partial charge < -0.3 is 19.5 Å². The quantitative estimate of drug-likeness (QED) is 0.894. The van der Waals surface area contributed by atoms with E-state index < -0.39 is 0 Å². The van der Waals surface area contributed by atoms with Gasteiger partial charge in [-0.15, -0.1) is 0 Å². The van der Waals surface area contributed by atoms with Crippen molar-refractivity contribution in [1.29, 1.82) is 0 Å². The van der Waals surface area contributed by atoms with Gasteiger partial charge in [-0.2, -0.15) is 4.98 Å². The van der Waals surface area contributed by atoms with Gasteiger partial charge in [0.25, 0.3) is 0 Å². The van der Waals surface area contributed by atoms with E-state index in [1.807, 2.05) is 11.8 Å². The summed E-state index contributed by atoms with van der Waals surface area (Å²) in [5, 5.41) is 6.96. The molecule has 2 saturated heterocycles. The van der Waals surface area contributed by atoms with E-state index in [1.165, 1.54) is 12.1 Å². The molecule has 0 bridgehead atoms. The zero-order chi connectivity index (χ0) is 18.9. The number of benzene rings is 1. The highest BCUT2D eigenvalue weighted by atomic mass is 19.1. The molecule has 3 heterocycles. The molecule has 2 aliphatic rings. The zero-order valence-electron chi connectivity index (χ0n) is 15.3. The van der Waals surface area contributed by atoms with Crippen LogP contribution in [0, 0.1) is 11.2 Å². The molecule has 2 aromatic rings. The number of aromatic nitrogens is 2. The van der Waals surface area contributed by atoms with E-state index in [9.17, 15) is 9.18 Å². The minimum Gasteiger partial charge on any atom is -0.381 e. The fourth-order valence-corrected chi connectivity index (χ4v) is 4.10. The number of rotatable bonds is 3. The van der Waals surface area contributed by atoms with E-state index in [0.29, 0.717) is 50.1 Å². The van der Waals surface area contributed by atoms with Gasteiger partial charge in [0.2, 0.25) is 11.7 Å². The monoisotopic (exact) mass is 374 g/mol. The summed E-state index contributed by atoms with van der Waals surface area (Å²) in [6.07, 6.45) is 1.70. The molecule has 1 spiro atoms. The van der Waals surface area contributed by atoms with Crippen molar-refractivity contribution in [3.05, 3.63) is 36.0 Å². The Bertz CT molecular complexity index is 802. The summed E-state index contributed by atoms with van der Waals surface area (Å²) in [5.74, 6) is 0.620. The number of carbonyl (C=O) groups is 1. The second-order valence-electron chi connectivity index (χ2n) is 7.21. The molecule has 1 atom stereocenters. The number of ether oxygens (including phenoxy) is 1. The Morgan fingerprint density at radius 2 is 2.07 bits per heavy atom. The molecule has 1 aromatic carbocycles. The fraction of sp³-hybridized carbons (Fsp3) is 0.526. The first-order valence-electron chi connectivity index (χ1n) is 9.31. The molecule has 0 saturated carbocycles. The number of nitrogens with zero attached hydrogens (tertiary/aromatic N) is 3. The van der Waals surface area contributed by atoms with Gasteiger partial charge in [0.15, 0.2) is 0 Å². The second kappa shape index (κ2) is 7.26. The summed E-state index contributed by atoms with van der Waals surface area (Å²) in [5.41, 5.74) is 0.585. The molecule has 1 aromatic heterocycles. The smallest absolute Gasteiger partial charge is 0.317 e. The summed E-state index contributed by atoms with van der Waals surface area (Å²) in [4.78, 5) is 18.8. The molecule has 2 amide bonds. The molecule has 0 aliphatic carbocycles. The largest absolute Gasteiger partial charge is 0.381 e. The van der Waals surface area contributed by atoms with Gasteiger partial charge in [-0.3, -0.25) is 0 Å². The van der Waals surface area contributed by atoms with Gasteiger partial charge in [0.1, 0.15) is 5.82 Å². The lowest BCUT2D eigenvalue weighted by atomic mass is 9.72. The fourth-order valence-electron chi connectivity index (χ4n) is 4.10. The topological polar surface area (TPSA) is 80.5 Å². The van der Waals surface area contributed by atoms with E-state index in [0.717, 1.165) is 12.8 Å². The van der Waals surface area contributed by atoms with Crippen LogP contribution in [0.3, 0.4) is 0 Å². The summed E-state index contributed by atoms with van der Waals surface area (Å²) in [7, 11) is 0. The van der Waals surface area contributed by atoms with Gasteiger partial charge >= 0.3 is 6.03 Å². The van der Waals surface area contributed by atoms with Gasteiger partial charge in [0.05, 0.1) is 5.92 Å². The van der Waals surface area contributed by atoms with Gasteiger partial charge in [-0.25, -0.2) is 9.18 Å². The molecule has 7 nitrogen and oxygen atoms in total. The first-order chi connectivity index (χ1) is 13.1. The summed E-state index contributed by atoms with van der Waals surface area (Å²) >= 11 is 0. The Morgan fingerprint density at radius 1 is 1.33 bits per heavy atom. The molecule has 2 aliphatic heterocycles. The normalized spacial score (nSPS) is 21.6. The standard InChI is InChI=1S/C19H23FN4O3/c1-2-21-18(25)24-11-15(19(12-24)7-9-26-10-8-19)17-22-16(23-27-17)13-3-5-14(20)6-4-13/h3-6,15H,2,7-12H2,1H3,(H,21,25). The molecular weight excluding hydrogens is 351 g/mol. The van der Waals surface area contributed by atoms with Crippen molar-refractivity contribution < 1.29 is 18.4 Å². The van der Waals surface area contributed by atoms with E-state index in [1.54, 1.807) is 12.1 Å². The molecule has 1 unspecified atom stereocenters. The minimum atomic E-state index is -0.308. The third-order valence-corrected chi connectivity index (χ3v) is 5.59. The number of halogens is 1. The minimum absolute atomic E-state index is 0.0364. The third-order valence-electron chi connectivity index (χ3n) is 5.59. The predicted octanol–water partition coefficient (Wildman–Crippen LogP) is 2.80. The van der Waals surface area contributed by atoms with E-state index >= 15 is 0 Å². The van der Waals surface area contributed by atoms with Crippen molar-refractivity contribution in [2.75, 3.05) is 32.8 Å². The van der Waals surface area contributed by atoms with Crippen LogP contribution in [-0.4, -0.2) is 53.9 Å². The summed E-state index contributed by atoms with van der Waals surface area (Å²) in [6, 6.07) is 5.94. The molecule has 27 heavy (non-hydrogen) atoms. The van der Waals surface area contributed by atoms with Gasteiger partial charge in [-0.1, -0.05) is 5.16 Å². The van der Waals surface area contributed by atoms with Crippen LogP contribution in [0.4, 0.5) is 9.18 Å². The average molecular weight is 374 g/mol. The van der Waals surface area contributed by atoms with Crippen LogP contribution in [0.15, 0.2) is 28.8 Å². The van der Waals surface area contributed by atoms with Crippen LogP contribution < -0.4 is 5.32 Å². The average Bonchev–Trinajstić information content (AvgIpc) is 3.29. The number of urea groups is 1. The number of carbonyl (C=O) groups excluding carboxylic acids is 1. The first kappa shape index (κ1) is 17.9. The lowest BCUT2D eigenvalue weighted by molar-refractivity contribution is 0.00943. The van der Waals surface area contributed by atoms with Gasteiger partial charge in [0, 0.05) is 43.8 Å². The van der Waals surface area contributed by atoms with E-state index in [4.69, 9.17) is 9.26 Å². The number of likely N-dealkylation sites (tertiary alicyclic amines) is 1. The van der Waals surface area contributed by atoms with Crippen molar-refractivity contribution in [2.24, 2.45) is 5.41 Å². The van der Waals surface area contributed by atoms with Crippen LogP contribution in [0.1, 0.15) is 31.6 Å². The number of hydrogen-bond acceptors (Lipinski definition) is 5. The van der Waals surface area contributed by atoms with E-state index in [-0.39, 0.29) is 23.2 Å². The Hall–Kier alpha value is -2.48. The number of hydrogen-bond donors (Lipinski definition) is 1. The van der Waals surface area contributed by atoms with Crippen molar-refractivity contribution in [1.82, 2.24) is 20.4 Å². The van der Waals surface area contributed by atoms with Crippen LogP contribution in [0.2, 0.25) is 0 Å². The summed E-state index contributed by atoms with van der Waals surface area (Å²) in [6.45, 7) is 5.02. The van der Waals surface area contributed by atoms with Crippen LogP contribution in [0.5, 0.6) is 0 Å². The molecule has 2 fully saturated rings. The SMILES string of the molecule is CCNC(=O)N1CC(c2nc(-c3ccc(F)cc3)no2)C2(CCOCC2)C1. The van der Waals surface area contributed by atoms with Crippen molar-refractivity contribution in [2.45, 2.75) is 25.7 Å². The third kappa shape index (κ3) is 3.41. The van der Waals surface area contributed by atoms with Crippen LogP contribution in [0.25, 0.3) is 11.4 Å². The summed E-state index contributed by atoms with van der Waals surface area (Å²) < 4.78 is 24.3. The van der Waals surface area contributed by atoms with Crippen LogP contribution >= 0.6 is 0 Å². The Labute approximate surface area is 156 Å². The molecule has 4 rings (SSSR count). The highest BCUT2D eigenvalue weighted by Crippen LogP contribution is 2.49. The lowest BCUT2D eigenvalue weighted by Crippen LogP contribution is -2.41. The number of nitrogens with one attached hydrogen (secondary N) is 1. The van der Waals surface area contributed by atoms with Crippen molar-refractivity contribution in [3.63, 3.8) is 0 Å². The van der Waals surface area contributed by atoms with Crippen molar-refractivity contribution in [3.8, 4) is 11.4 Å². The Morgan fingerprint density at radius 3 is 2.78 bits per heavy atom. The first-order valence-corrected chi connectivity index (χ1v) is 9.31. The lowest BCUT2D eigenvalue weighted by Gasteiger charge is -2.36. The highest BCUT2D eigenvalue weighted by molar-refractivity contribution is 5.74. The highest BCUT2D eigenvalue weighted by Gasteiger charge is 2.51. The maximum atomic E-state index is 13.2. The zero-order valence-corrected chi connectivity index (χ0v) is 15.3. The van der Waals surface area contributed by atoms with Crippen molar-refractivity contribution >= 4 is 6.03 Å². The van der Waals surface area contributed by atoms with Crippen LogP contribution in [-0.2, 0) is 4.74 Å². The second-order valence-corrected chi connectivity index (χ2v) is 7.21. The molecule has 1 N–H and O–H groups in total. The molecule has 8 heteroatoms. The Balaban J connectivity index is 1.62. The van der Waals surface area contributed by atoms with E-state index in [2.05, 4.69) is 15.5 Å². The number of amides is 2. The predicted molar refractivity (Wildman–Crippen MR) is 95.6 cm³/mol. The molecule has 144 valence electrons. The molecular formula is C19H23FN4O3. The maximum absolute atomic E-state index is 13.2. The van der Waals surface area contributed by atoms with Gasteiger partial charge in [-0.05, 0) is 44.0 Å². The molecule has 0 radical (unpaired) electrons. The Kier molecular flexibility index (Phi) is 4.82. The maximum Gasteiger partial charge on any atom is 0.317 e.